The minimum atomic E-state index is -0.363. The summed E-state index contributed by atoms with van der Waals surface area (Å²) in [5, 5.41) is 8.10. The first-order chi connectivity index (χ1) is 14.0. The van der Waals surface area contributed by atoms with E-state index in [1.807, 2.05) is 13.8 Å². The minimum Gasteiger partial charge on any atom is -0.493 e. The van der Waals surface area contributed by atoms with Gasteiger partial charge in [0.05, 0.1) is 13.7 Å². The highest BCUT2D eigenvalue weighted by Crippen LogP contribution is 2.31. The molecule has 9 heteroatoms. The smallest absolute Gasteiger partial charge is 0.273 e. The first kappa shape index (κ1) is 22.4. The summed E-state index contributed by atoms with van der Waals surface area (Å²) in [6, 6.07) is 5.22. The topological polar surface area (TPSA) is 107 Å². The Hall–Kier alpha value is -2.94. The molecule has 0 radical (unpaired) electrons. The second kappa shape index (κ2) is 11.2. The third-order valence-corrected chi connectivity index (χ3v) is 4.37. The van der Waals surface area contributed by atoms with E-state index >= 15 is 0 Å². The molecule has 0 saturated heterocycles. The Morgan fingerprint density at radius 2 is 1.97 bits per heavy atom. The summed E-state index contributed by atoms with van der Waals surface area (Å²) >= 11 is 0. The van der Waals surface area contributed by atoms with Gasteiger partial charge in [0.15, 0.2) is 17.3 Å². The molecule has 0 unspecified atom stereocenters. The molecule has 0 fully saturated rings. The van der Waals surface area contributed by atoms with E-state index in [1.54, 1.807) is 30.1 Å². The largest absolute Gasteiger partial charge is 0.493 e. The van der Waals surface area contributed by atoms with E-state index in [0.29, 0.717) is 49.3 Å². The molecule has 1 aromatic heterocycles. The van der Waals surface area contributed by atoms with Gasteiger partial charge in [-0.25, -0.2) is 0 Å². The molecule has 0 aliphatic rings. The Balaban J connectivity index is 2.11. The lowest BCUT2D eigenvalue weighted by Crippen LogP contribution is -2.27. The van der Waals surface area contributed by atoms with Crippen molar-refractivity contribution in [1.29, 1.82) is 0 Å². The summed E-state index contributed by atoms with van der Waals surface area (Å²) in [5.74, 6) is 1.36. The predicted molar refractivity (Wildman–Crippen MR) is 108 cm³/mol. The van der Waals surface area contributed by atoms with Crippen molar-refractivity contribution in [3.8, 4) is 22.9 Å². The quantitative estimate of drug-likeness (QED) is 0.568. The van der Waals surface area contributed by atoms with Crippen LogP contribution in [0.15, 0.2) is 23.0 Å². The second-order valence-corrected chi connectivity index (χ2v) is 6.27. The number of nitrogens with one attached hydrogen (secondary N) is 1. The number of hydrogen-bond acceptors (Lipinski definition) is 7. The number of H-pyrrole nitrogens is 1. The van der Waals surface area contributed by atoms with Crippen LogP contribution in [0.25, 0.3) is 11.4 Å². The van der Waals surface area contributed by atoms with E-state index in [-0.39, 0.29) is 30.0 Å². The number of aromatic nitrogens is 3. The van der Waals surface area contributed by atoms with Crippen LogP contribution in [0.3, 0.4) is 0 Å². The lowest BCUT2D eigenvalue weighted by Gasteiger charge is -2.13. The molecule has 0 aliphatic heterocycles. The Morgan fingerprint density at radius 1 is 1.17 bits per heavy atom. The first-order valence-electron chi connectivity index (χ1n) is 9.58. The van der Waals surface area contributed by atoms with Crippen LogP contribution in [-0.2, 0) is 16.0 Å². The lowest BCUT2D eigenvalue weighted by molar-refractivity contribution is -0.129. The van der Waals surface area contributed by atoms with Crippen LogP contribution in [0, 0.1) is 0 Å². The third-order valence-electron chi connectivity index (χ3n) is 4.37. The standard InChI is InChI=1S/C20H28N4O5/c1-5-24(3)18(25)10-8-15-20(26)21-19(23-22-15)14-7-9-16(17(13-14)27-4)29-12-11-28-6-2/h7,9,13H,5-6,8,10-12H2,1-4H3,(H,21,23,26). The van der Waals surface area contributed by atoms with Crippen molar-refractivity contribution in [2.24, 2.45) is 0 Å². The molecule has 0 saturated carbocycles. The number of ether oxygens (including phenoxy) is 3. The van der Waals surface area contributed by atoms with Crippen LogP contribution in [0.5, 0.6) is 11.5 Å². The van der Waals surface area contributed by atoms with Gasteiger partial charge in [-0.1, -0.05) is 0 Å². The Morgan fingerprint density at radius 3 is 2.62 bits per heavy atom. The van der Waals surface area contributed by atoms with Crippen LogP contribution in [0.4, 0.5) is 0 Å². The van der Waals surface area contributed by atoms with Crippen LogP contribution < -0.4 is 15.0 Å². The van der Waals surface area contributed by atoms with Crippen LogP contribution in [-0.4, -0.2) is 66.5 Å². The van der Waals surface area contributed by atoms with Crippen molar-refractivity contribution in [3.05, 3.63) is 34.2 Å². The van der Waals surface area contributed by atoms with Crippen molar-refractivity contribution in [2.75, 3.05) is 40.5 Å². The molecule has 1 aromatic carbocycles. The monoisotopic (exact) mass is 404 g/mol. The Labute approximate surface area is 170 Å². The van der Waals surface area contributed by atoms with E-state index in [0.717, 1.165) is 0 Å². The highest BCUT2D eigenvalue weighted by molar-refractivity contribution is 5.76. The number of hydrogen-bond donors (Lipinski definition) is 1. The summed E-state index contributed by atoms with van der Waals surface area (Å²) in [6.07, 6.45) is 0.449. The molecule has 2 aromatic rings. The SMILES string of the molecule is CCOCCOc1ccc(-c2nnc(CCC(=O)N(C)CC)c(=O)[nH]2)cc1OC. The fourth-order valence-corrected chi connectivity index (χ4v) is 2.54. The van der Waals surface area contributed by atoms with Crippen LogP contribution in [0.2, 0.25) is 0 Å². The molecule has 9 nitrogen and oxygen atoms in total. The average molecular weight is 404 g/mol. The number of carbonyl (C=O) groups excluding carboxylic acids is 1. The summed E-state index contributed by atoms with van der Waals surface area (Å²) in [5.41, 5.74) is 0.504. The van der Waals surface area contributed by atoms with Gasteiger partial charge in [-0.2, -0.15) is 0 Å². The van der Waals surface area contributed by atoms with Gasteiger partial charge in [-0.15, -0.1) is 10.2 Å². The molecule has 1 N–H and O–H groups in total. The first-order valence-corrected chi connectivity index (χ1v) is 9.58. The zero-order valence-electron chi connectivity index (χ0n) is 17.4. The number of methoxy groups -OCH3 is 1. The summed E-state index contributed by atoms with van der Waals surface area (Å²) in [6.45, 7) is 5.95. The highest BCUT2D eigenvalue weighted by atomic mass is 16.5. The molecular weight excluding hydrogens is 376 g/mol. The maximum absolute atomic E-state index is 12.3. The highest BCUT2D eigenvalue weighted by Gasteiger charge is 2.13. The molecule has 0 bridgehead atoms. The molecular formula is C20H28N4O5. The average Bonchev–Trinajstić information content (AvgIpc) is 2.75. The normalized spacial score (nSPS) is 10.6. The van der Waals surface area contributed by atoms with Gasteiger partial charge in [0.25, 0.3) is 5.56 Å². The van der Waals surface area contributed by atoms with E-state index in [2.05, 4.69) is 15.2 Å². The van der Waals surface area contributed by atoms with E-state index in [4.69, 9.17) is 14.2 Å². The number of aryl methyl sites for hydroxylation is 1. The maximum atomic E-state index is 12.3. The maximum Gasteiger partial charge on any atom is 0.273 e. The molecule has 0 atom stereocenters. The zero-order chi connectivity index (χ0) is 21.2. The Bertz CT molecular complexity index is 868. The van der Waals surface area contributed by atoms with E-state index in [1.165, 1.54) is 7.11 Å². The number of nitrogens with zero attached hydrogens (tertiary/aromatic N) is 3. The van der Waals surface area contributed by atoms with Gasteiger partial charge in [-0.05, 0) is 32.0 Å². The fourth-order valence-electron chi connectivity index (χ4n) is 2.54. The summed E-state index contributed by atoms with van der Waals surface area (Å²) < 4.78 is 16.3. The van der Waals surface area contributed by atoms with E-state index < -0.39 is 0 Å². The van der Waals surface area contributed by atoms with Gasteiger partial charge >= 0.3 is 0 Å². The van der Waals surface area contributed by atoms with E-state index in [9.17, 15) is 9.59 Å². The number of aromatic amines is 1. The van der Waals surface area contributed by atoms with Gasteiger partial charge in [0.1, 0.15) is 12.3 Å². The number of rotatable bonds is 11. The van der Waals surface area contributed by atoms with Crippen molar-refractivity contribution >= 4 is 5.91 Å². The molecule has 0 spiro atoms. The molecule has 1 heterocycles. The second-order valence-electron chi connectivity index (χ2n) is 6.27. The molecule has 1 amide bonds. The van der Waals surface area contributed by atoms with Gasteiger partial charge in [0, 0.05) is 38.6 Å². The van der Waals surface area contributed by atoms with Crippen molar-refractivity contribution in [2.45, 2.75) is 26.7 Å². The van der Waals surface area contributed by atoms with Crippen molar-refractivity contribution in [3.63, 3.8) is 0 Å². The van der Waals surface area contributed by atoms with Crippen molar-refractivity contribution < 1.29 is 19.0 Å². The Kier molecular flexibility index (Phi) is 8.60. The molecule has 29 heavy (non-hydrogen) atoms. The molecule has 158 valence electrons. The van der Waals surface area contributed by atoms with Gasteiger partial charge < -0.3 is 24.1 Å². The predicted octanol–water partition coefficient (Wildman–Crippen LogP) is 1.67. The molecule has 2 rings (SSSR count). The third kappa shape index (κ3) is 6.28. The molecule has 0 aliphatic carbocycles. The number of benzene rings is 1. The summed E-state index contributed by atoms with van der Waals surface area (Å²) in [7, 11) is 3.26. The summed E-state index contributed by atoms with van der Waals surface area (Å²) in [4.78, 5) is 28.5. The minimum absolute atomic E-state index is 0.0394. The zero-order valence-corrected chi connectivity index (χ0v) is 17.4. The van der Waals surface area contributed by atoms with Crippen LogP contribution >= 0.6 is 0 Å². The number of carbonyl (C=O) groups is 1. The van der Waals surface area contributed by atoms with Crippen LogP contribution in [0.1, 0.15) is 26.0 Å². The van der Waals surface area contributed by atoms with Gasteiger partial charge in [-0.3, -0.25) is 9.59 Å². The fraction of sp³-hybridized carbons (Fsp3) is 0.500. The lowest BCUT2D eigenvalue weighted by atomic mass is 10.2. The van der Waals surface area contributed by atoms with Gasteiger partial charge in [0.2, 0.25) is 5.91 Å². The van der Waals surface area contributed by atoms with Crippen molar-refractivity contribution in [1.82, 2.24) is 20.1 Å². The number of amides is 1.